The molecule has 2 aromatic heterocycles. The largest absolute Gasteiger partial charge is 0.497 e. The van der Waals surface area contributed by atoms with Crippen molar-refractivity contribution in [2.45, 2.75) is 45.8 Å². The van der Waals surface area contributed by atoms with E-state index >= 15 is 0 Å². The second-order valence-corrected chi connectivity index (χ2v) is 9.85. The van der Waals surface area contributed by atoms with Gasteiger partial charge in [0.15, 0.2) is 0 Å². The number of carboxylic acids is 1. The van der Waals surface area contributed by atoms with Gasteiger partial charge in [-0.05, 0) is 61.4 Å². The first-order chi connectivity index (χ1) is 18.4. The molecule has 0 saturated carbocycles. The standard InChI is InChI=1S/C24H31N5O2S.C2HF3O2/c1-16(2)14-21(23(30)27-18-7-9-19(31-4)10-8-18)28-22-15-17(3)26-24(29-22)25-12-11-20-6-5-13-32-20;3-2(4,5)1(6)7/h5-10,13,15-16,21H,11-12,14H2,1-4H3,(H,27,30)(H2,25,26,28,29);(H,6,7)/t21-;/m0./s1. The summed E-state index contributed by atoms with van der Waals surface area (Å²) in [7, 11) is 1.62. The summed E-state index contributed by atoms with van der Waals surface area (Å²) in [5.41, 5.74) is 1.56. The lowest BCUT2D eigenvalue weighted by molar-refractivity contribution is -0.192. The fraction of sp³-hybridized carbons (Fsp3) is 0.385. The molecule has 0 spiro atoms. The topological polar surface area (TPSA) is 125 Å². The van der Waals surface area contributed by atoms with Crippen LogP contribution in [0.2, 0.25) is 0 Å². The van der Waals surface area contributed by atoms with E-state index in [1.165, 1.54) is 4.88 Å². The van der Waals surface area contributed by atoms with E-state index < -0.39 is 18.2 Å². The molecular weight excluding hydrogens is 535 g/mol. The monoisotopic (exact) mass is 567 g/mol. The van der Waals surface area contributed by atoms with Gasteiger partial charge in [0.05, 0.1) is 7.11 Å². The number of carbonyl (C=O) groups is 2. The molecule has 2 heterocycles. The number of aromatic nitrogens is 2. The summed E-state index contributed by atoms with van der Waals surface area (Å²) in [5, 5.41) is 18.8. The highest BCUT2D eigenvalue weighted by Gasteiger charge is 2.38. The van der Waals surface area contributed by atoms with E-state index in [4.69, 9.17) is 14.6 Å². The summed E-state index contributed by atoms with van der Waals surface area (Å²) < 4.78 is 36.9. The number of anilines is 3. The van der Waals surface area contributed by atoms with Gasteiger partial charge in [-0.15, -0.1) is 11.3 Å². The normalized spacial score (nSPS) is 11.7. The Labute approximate surface area is 228 Å². The van der Waals surface area contributed by atoms with Gasteiger partial charge in [0, 0.05) is 28.9 Å². The Balaban J connectivity index is 0.000000673. The molecular formula is C26H32F3N5O4S. The molecule has 1 atom stereocenters. The lowest BCUT2D eigenvalue weighted by Gasteiger charge is -2.21. The highest BCUT2D eigenvalue weighted by Crippen LogP contribution is 2.19. The molecule has 0 aliphatic rings. The zero-order valence-corrected chi connectivity index (χ0v) is 22.8. The van der Waals surface area contributed by atoms with Crippen LogP contribution < -0.4 is 20.7 Å². The van der Waals surface area contributed by atoms with Gasteiger partial charge in [-0.3, -0.25) is 4.79 Å². The molecule has 0 saturated heterocycles. The van der Waals surface area contributed by atoms with Crippen molar-refractivity contribution in [2.24, 2.45) is 5.92 Å². The Bertz CT molecular complexity index is 1190. The number of carboxylic acid groups (broad SMARTS) is 1. The molecule has 3 rings (SSSR count). The fourth-order valence-electron chi connectivity index (χ4n) is 3.26. The molecule has 1 amide bonds. The van der Waals surface area contributed by atoms with Gasteiger partial charge in [-0.25, -0.2) is 9.78 Å². The zero-order valence-electron chi connectivity index (χ0n) is 22.0. The quantitative estimate of drug-likeness (QED) is 0.236. The van der Waals surface area contributed by atoms with Gasteiger partial charge < -0.3 is 25.8 Å². The molecule has 9 nitrogen and oxygen atoms in total. The van der Waals surface area contributed by atoms with E-state index in [2.05, 4.69) is 57.3 Å². The van der Waals surface area contributed by atoms with Crippen LogP contribution in [0.5, 0.6) is 5.75 Å². The Hall–Kier alpha value is -3.87. The summed E-state index contributed by atoms with van der Waals surface area (Å²) in [6.45, 7) is 6.86. The zero-order chi connectivity index (χ0) is 29.0. The molecule has 0 bridgehead atoms. The number of hydrogen-bond acceptors (Lipinski definition) is 8. The predicted molar refractivity (Wildman–Crippen MR) is 145 cm³/mol. The van der Waals surface area contributed by atoms with E-state index in [1.54, 1.807) is 18.4 Å². The van der Waals surface area contributed by atoms with E-state index in [0.717, 1.165) is 30.1 Å². The molecule has 3 aromatic rings. The molecule has 0 aliphatic carbocycles. The number of nitrogens with one attached hydrogen (secondary N) is 3. The molecule has 1 aromatic carbocycles. The average molecular weight is 568 g/mol. The highest BCUT2D eigenvalue weighted by atomic mass is 32.1. The van der Waals surface area contributed by atoms with Crippen LogP contribution in [0.1, 0.15) is 30.8 Å². The maximum absolute atomic E-state index is 13.0. The van der Waals surface area contributed by atoms with Crippen LogP contribution in [0.3, 0.4) is 0 Å². The molecule has 4 N–H and O–H groups in total. The minimum atomic E-state index is -5.08. The van der Waals surface area contributed by atoms with Crippen LogP contribution in [0.4, 0.5) is 30.6 Å². The average Bonchev–Trinajstić information content (AvgIpc) is 3.37. The van der Waals surface area contributed by atoms with Crippen LogP contribution in [0.15, 0.2) is 47.8 Å². The number of rotatable bonds is 11. The van der Waals surface area contributed by atoms with E-state index in [-0.39, 0.29) is 5.91 Å². The number of hydrogen-bond donors (Lipinski definition) is 4. The summed E-state index contributed by atoms with van der Waals surface area (Å²) in [6, 6.07) is 12.9. The van der Waals surface area contributed by atoms with Crippen LogP contribution in [-0.4, -0.2) is 52.8 Å². The maximum atomic E-state index is 13.0. The third kappa shape index (κ3) is 11.6. The van der Waals surface area contributed by atoms with E-state index in [0.29, 0.717) is 24.1 Å². The lowest BCUT2D eigenvalue weighted by Crippen LogP contribution is -2.36. The second kappa shape index (κ2) is 14.9. The van der Waals surface area contributed by atoms with Gasteiger partial charge in [-0.1, -0.05) is 19.9 Å². The summed E-state index contributed by atoms with van der Waals surface area (Å²) in [6.07, 6.45) is -3.50. The van der Waals surface area contributed by atoms with E-state index in [1.807, 2.05) is 37.3 Å². The molecule has 0 radical (unpaired) electrons. The third-order valence-corrected chi connectivity index (χ3v) is 5.97. The van der Waals surface area contributed by atoms with Gasteiger partial charge >= 0.3 is 12.1 Å². The Morgan fingerprint density at radius 1 is 1.13 bits per heavy atom. The minimum Gasteiger partial charge on any atom is -0.497 e. The Kier molecular flexibility index (Phi) is 12.0. The number of ether oxygens (including phenoxy) is 1. The number of aryl methyl sites for hydroxylation is 1. The smallest absolute Gasteiger partial charge is 0.490 e. The van der Waals surface area contributed by atoms with Crippen molar-refractivity contribution < 1.29 is 32.6 Å². The van der Waals surface area contributed by atoms with Crippen molar-refractivity contribution in [2.75, 3.05) is 29.6 Å². The predicted octanol–water partition coefficient (Wildman–Crippen LogP) is 5.61. The van der Waals surface area contributed by atoms with Gasteiger partial charge in [0.2, 0.25) is 11.9 Å². The molecule has 0 aliphatic heterocycles. The number of nitrogens with zero attached hydrogens (tertiary/aromatic N) is 2. The molecule has 13 heteroatoms. The van der Waals surface area contributed by atoms with Crippen molar-refractivity contribution in [3.63, 3.8) is 0 Å². The molecule has 39 heavy (non-hydrogen) atoms. The van der Waals surface area contributed by atoms with Crippen LogP contribution in [0, 0.1) is 12.8 Å². The van der Waals surface area contributed by atoms with Crippen LogP contribution in [0.25, 0.3) is 0 Å². The molecule has 0 unspecified atom stereocenters. The first-order valence-electron chi connectivity index (χ1n) is 12.0. The van der Waals surface area contributed by atoms with Crippen LogP contribution >= 0.6 is 11.3 Å². The lowest BCUT2D eigenvalue weighted by atomic mass is 10.0. The van der Waals surface area contributed by atoms with Crippen LogP contribution in [-0.2, 0) is 16.0 Å². The van der Waals surface area contributed by atoms with Crippen molar-refractivity contribution in [3.05, 3.63) is 58.4 Å². The Morgan fingerprint density at radius 2 is 1.79 bits per heavy atom. The summed E-state index contributed by atoms with van der Waals surface area (Å²) in [5.74, 6) is -0.592. The highest BCUT2D eigenvalue weighted by molar-refractivity contribution is 7.09. The first kappa shape index (κ1) is 31.3. The first-order valence-corrected chi connectivity index (χ1v) is 12.9. The summed E-state index contributed by atoms with van der Waals surface area (Å²) >= 11 is 1.74. The van der Waals surface area contributed by atoms with Gasteiger partial charge in [0.1, 0.15) is 17.6 Å². The number of benzene rings is 1. The fourth-order valence-corrected chi connectivity index (χ4v) is 3.97. The number of methoxy groups -OCH3 is 1. The van der Waals surface area contributed by atoms with Crippen molar-refractivity contribution in [1.82, 2.24) is 9.97 Å². The molecule has 0 fully saturated rings. The number of thiophene rings is 1. The third-order valence-electron chi connectivity index (χ3n) is 5.03. The van der Waals surface area contributed by atoms with Crippen molar-refractivity contribution in [1.29, 1.82) is 0 Å². The second-order valence-electron chi connectivity index (χ2n) is 8.82. The molecule has 212 valence electrons. The number of halogens is 3. The van der Waals surface area contributed by atoms with Gasteiger partial charge in [0.25, 0.3) is 0 Å². The van der Waals surface area contributed by atoms with Crippen molar-refractivity contribution in [3.8, 4) is 5.75 Å². The maximum Gasteiger partial charge on any atom is 0.490 e. The van der Waals surface area contributed by atoms with Gasteiger partial charge in [-0.2, -0.15) is 18.2 Å². The number of amides is 1. The van der Waals surface area contributed by atoms with E-state index in [9.17, 15) is 18.0 Å². The number of carbonyl (C=O) groups excluding carboxylic acids is 1. The SMILES string of the molecule is COc1ccc(NC(=O)[C@H](CC(C)C)Nc2cc(C)nc(NCCc3cccs3)n2)cc1.O=C(O)C(F)(F)F. The minimum absolute atomic E-state index is 0.104. The summed E-state index contributed by atoms with van der Waals surface area (Å²) in [4.78, 5) is 32.3. The van der Waals surface area contributed by atoms with Crippen molar-refractivity contribution >= 4 is 40.7 Å². The number of alkyl halides is 3. The Morgan fingerprint density at radius 3 is 2.33 bits per heavy atom. The number of aliphatic carboxylic acids is 1.